The van der Waals surface area contributed by atoms with Gasteiger partial charge < -0.3 is 14.2 Å². The molecule has 1 aliphatic heterocycles. The highest BCUT2D eigenvalue weighted by atomic mass is 16.5. The summed E-state index contributed by atoms with van der Waals surface area (Å²) < 4.78 is 17.4. The van der Waals surface area contributed by atoms with E-state index in [1.807, 2.05) is 37.3 Å². The van der Waals surface area contributed by atoms with E-state index in [0.29, 0.717) is 48.1 Å². The van der Waals surface area contributed by atoms with Crippen molar-refractivity contribution in [2.24, 2.45) is 0 Å². The molecule has 0 atom stereocenters. The highest BCUT2D eigenvalue weighted by molar-refractivity contribution is 6.39. The number of anilines is 1. The molecule has 0 radical (unpaired) electrons. The van der Waals surface area contributed by atoms with Crippen LogP contribution in [0.2, 0.25) is 0 Å². The average molecular weight is 539 g/mol. The minimum atomic E-state index is -0.833. The molecule has 0 bridgehead atoms. The van der Waals surface area contributed by atoms with Crippen LogP contribution in [0.15, 0.2) is 97.6 Å². The van der Waals surface area contributed by atoms with Crippen molar-refractivity contribution in [3.63, 3.8) is 0 Å². The summed E-state index contributed by atoms with van der Waals surface area (Å²) in [5.74, 6) is 0.0281. The van der Waals surface area contributed by atoms with E-state index in [2.05, 4.69) is 18.5 Å². The molecule has 1 N–H and O–H groups in total. The van der Waals surface area contributed by atoms with Gasteiger partial charge in [-0.25, -0.2) is 9.69 Å². The Hall–Kier alpha value is -5.11. The first-order valence-electron chi connectivity index (χ1n) is 12.8. The highest BCUT2D eigenvalue weighted by Crippen LogP contribution is 2.35. The van der Waals surface area contributed by atoms with Gasteiger partial charge in [0.15, 0.2) is 11.5 Å². The zero-order valence-corrected chi connectivity index (χ0v) is 22.2. The molecular weight excluding hydrogens is 508 g/mol. The molecule has 0 aromatic heterocycles. The lowest BCUT2D eigenvalue weighted by Crippen LogP contribution is -2.54. The van der Waals surface area contributed by atoms with Gasteiger partial charge in [-0.05, 0) is 66.9 Å². The summed E-state index contributed by atoms with van der Waals surface area (Å²) in [5.41, 5.74) is 2.40. The molecule has 4 rings (SSSR count). The molecule has 0 unspecified atom stereocenters. The number of hydrogen-bond acceptors (Lipinski definition) is 6. The maximum absolute atomic E-state index is 13.4. The van der Waals surface area contributed by atoms with Gasteiger partial charge in [0.1, 0.15) is 24.5 Å². The fraction of sp³-hybridized carbons (Fsp3) is 0.156. The Kier molecular flexibility index (Phi) is 9.15. The second-order valence-electron chi connectivity index (χ2n) is 8.76. The molecule has 8 nitrogen and oxygen atoms in total. The van der Waals surface area contributed by atoms with E-state index >= 15 is 0 Å². The van der Waals surface area contributed by atoms with Gasteiger partial charge in [0, 0.05) is 5.56 Å². The Labute approximate surface area is 233 Å². The molecule has 8 heteroatoms. The van der Waals surface area contributed by atoms with Crippen molar-refractivity contribution in [1.82, 2.24) is 5.32 Å². The average Bonchev–Trinajstić information content (AvgIpc) is 2.95. The number of rotatable bonds is 12. The Morgan fingerprint density at radius 1 is 0.900 bits per heavy atom. The van der Waals surface area contributed by atoms with Crippen molar-refractivity contribution in [2.45, 2.75) is 20.0 Å². The minimum absolute atomic E-state index is 0.198. The number of nitrogens with one attached hydrogen (secondary N) is 1. The largest absolute Gasteiger partial charge is 0.490 e. The molecule has 1 fully saturated rings. The molecule has 0 saturated carbocycles. The van der Waals surface area contributed by atoms with E-state index in [9.17, 15) is 14.4 Å². The number of allylic oxidation sites excluding steroid dienone is 1. The molecule has 1 heterocycles. The van der Waals surface area contributed by atoms with Crippen molar-refractivity contribution in [3.8, 4) is 17.2 Å². The summed E-state index contributed by atoms with van der Waals surface area (Å²) >= 11 is 0. The lowest BCUT2D eigenvalue weighted by atomic mass is 10.0. The number of benzene rings is 3. The first-order chi connectivity index (χ1) is 19.4. The molecule has 40 heavy (non-hydrogen) atoms. The molecule has 204 valence electrons. The number of urea groups is 1. The third-order valence-corrected chi connectivity index (χ3v) is 5.92. The van der Waals surface area contributed by atoms with Crippen LogP contribution in [0.5, 0.6) is 17.2 Å². The maximum atomic E-state index is 13.4. The molecule has 1 saturated heterocycles. The van der Waals surface area contributed by atoms with Crippen LogP contribution in [0.25, 0.3) is 6.08 Å². The number of carbonyl (C=O) groups excluding carboxylic acids is 3. The lowest BCUT2D eigenvalue weighted by Gasteiger charge is -2.26. The van der Waals surface area contributed by atoms with Gasteiger partial charge in [-0.15, -0.1) is 6.58 Å². The molecule has 3 aromatic rings. The number of amides is 4. The topological polar surface area (TPSA) is 94.2 Å². The van der Waals surface area contributed by atoms with Crippen molar-refractivity contribution in [3.05, 3.63) is 114 Å². The fourth-order valence-electron chi connectivity index (χ4n) is 4.13. The minimum Gasteiger partial charge on any atom is -0.490 e. The number of barbiturate groups is 1. The van der Waals surface area contributed by atoms with Gasteiger partial charge in [0.05, 0.1) is 12.3 Å². The van der Waals surface area contributed by atoms with Crippen LogP contribution in [0, 0.1) is 0 Å². The molecule has 0 aliphatic carbocycles. The number of imide groups is 2. The number of hydrogen-bond donors (Lipinski definition) is 1. The van der Waals surface area contributed by atoms with Crippen LogP contribution in [0.4, 0.5) is 10.5 Å². The van der Waals surface area contributed by atoms with Crippen molar-refractivity contribution < 1.29 is 28.6 Å². The summed E-state index contributed by atoms with van der Waals surface area (Å²) in [6, 6.07) is 18.8. The van der Waals surface area contributed by atoms with E-state index in [4.69, 9.17) is 14.2 Å². The van der Waals surface area contributed by atoms with Crippen LogP contribution >= 0.6 is 0 Å². The monoisotopic (exact) mass is 538 g/mol. The van der Waals surface area contributed by atoms with Gasteiger partial charge >= 0.3 is 6.03 Å². The molecule has 0 spiro atoms. The molecule has 4 amide bonds. The van der Waals surface area contributed by atoms with Gasteiger partial charge in [0.25, 0.3) is 11.8 Å². The van der Waals surface area contributed by atoms with Gasteiger partial charge in [0.2, 0.25) is 0 Å². The van der Waals surface area contributed by atoms with Crippen LogP contribution in [-0.4, -0.2) is 31.1 Å². The number of nitrogens with zero attached hydrogens (tertiary/aromatic N) is 1. The Balaban J connectivity index is 1.61. The van der Waals surface area contributed by atoms with E-state index < -0.39 is 17.8 Å². The standard InChI is InChI=1S/C32H30N2O6/c1-4-10-24-18-23(20-28(38-6-3)29(24)39-17-5-2)19-27-30(35)33-32(37)34(31(27)36)25-13-15-26(16-14-25)40-21-22-11-8-7-9-12-22/h4-5,7-9,11-16,18-20H,1-2,6,10,17,21H2,3H3,(H,33,35,37)/b27-19+. The second-order valence-corrected chi connectivity index (χ2v) is 8.76. The predicted octanol–water partition coefficient (Wildman–Crippen LogP) is 5.62. The van der Waals surface area contributed by atoms with E-state index in [1.54, 1.807) is 48.6 Å². The summed E-state index contributed by atoms with van der Waals surface area (Å²) in [6.45, 7) is 10.4. The normalized spacial score (nSPS) is 14.1. The summed E-state index contributed by atoms with van der Waals surface area (Å²) in [7, 11) is 0. The molecular formula is C32H30N2O6. The quantitative estimate of drug-likeness (QED) is 0.183. The van der Waals surface area contributed by atoms with Crippen molar-refractivity contribution in [1.29, 1.82) is 0 Å². The Morgan fingerprint density at radius 2 is 1.65 bits per heavy atom. The van der Waals surface area contributed by atoms with Crippen LogP contribution in [-0.2, 0) is 22.6 Å². The van der Waals surface area contributed by atoms with E-state index in [1.165, 1.54) is 6.08 Å². The van der Waals surface area contributed by atoms with E-state index in [-0.39, 0.29) is 12.2 Å². The van der Waals surface area contributed by atoms with Gasteiger partial charge in [-0.3, -0.25) is 14.9 Å². The molecule has 3 aromatic carbocycles. The van der Waals surface area contributed by atoms with Gasteiger partial charge in [-0.1, -0.05) is 49.1 Å². The zero-order valence-electron chi connectivity index (χ0n) is 22.2. The van der Waals surface area contributed by atoms with Gasteiger partial charge in [-0.2, -0.15) is 0 Å². The second kappa shape index (κ2) is 13.1. The maximum Gasteiger partial charge on any atom is 0.335 e. The first kappa shape index (κ1) is 27.9. The van der Waals surface area contributed by atoms with E-state index in [0.717, 1.165) is 16.0 Å². The number of ether oxygens (including phenoxy) is 3. The third-order valence-electron chi connectivity index (χ3n) is 5.92. The van der Waals surface area contributed by atoms with Crippen LogP contribution in [0.3, 0.4) is 0 Å². The number of carbonyl (C=O) groups is 3. The summed E-state index contributed by atoms with van der Waals surface area (Å²) in [4.78, 5) is 39.8. The highest BCUT2D eigenvalue weighted by Gasteiger charge is 2.37. The lowest BCUT2D eigenvalue weighted by molar-refractivity contribution is -0.122. The summed E-state index contributed by atoms with van der Waals surface area (Å²) in [6.07, 6.45) is 5.24. The van der Waals surface area contributed by atoms with Crippen LogP contribution in [0.1, 0.15) is 23.6 Å². The Bertz CT molecular complexity index is 1440. The predicted molar refractivity (Wildman–Crippen MR) is 153 cm³/mol. The Morgan fingerprint density at radius 3 is 2.33 bits per heavy atom. The third kappa shape index (κ3) is 6.47. The SMILES string of the molecule is C=CCOc1c(CC=C)cc(/C=C2\C(=O)NC(=O)N(c3ccc(OCc4ccccc4)cc3)C2=O)cc1OCC. The first-order valence-corrected chi connectivity index (χ1v) is 12.8. The van der Waals surface area contributed by atoms with Crippen molar-refractivity contribution >= 4 is 29.6 Å². The summed E-state index contributed by atoms with van der Waals surface area (Å²) in [5, 5.41) is 2.25. The smallest absolute Gasteiger partial charge is 0.335 e. The fourth-order valence-corrected chi connectivity index (χ4v) is 4.13. The zero-order chi connectivity index (χ0) is 28.5. The van der Waals surface area contributed by atoms with Crippen molar-refractivity contribution in [2.75, 3.05) is 18.1 Å². The molecule has 1 aliphatic rings. The van der Waals surface area contributed by atoms with Crippen LogP contribution < -0.4 is 24.4 Å².